The van der Waals surface area contributed by atoms with Gasteiger partial charge >= 0.3 is 5.97 Å². The van der Waals surface area contributed by atoms with Gasteiger partial charge in [0.2, 0.25) is 0 Å². The van der Waals surface area contributed by atoms with Gasteiger partial charge in [0.25, 0.3) is 0 Å². The summed E-state index contributed by atoms with van der Waals surface area (Å²) in [6, 6.07) is 10.5. The van der Waals surface area contributed by atoms with E-state index in [0.717, 1.165) is 38.0 Å². The number of rotatable bonds is 5. The smallest absolute Gasteiger partial charge is 0.356 e. The molecule has 0 bridgehead atoms. The van der Waals surface area contributed by atoms with Crippen molar-refractivity contribution >= 4 is 16.9 Å². The predicted octanol–water partition coefficient (Wildman–Crippen LogP) is 3.41. The van der Waals surface area contributed by atoms with Crippen molar-refractivity contribution in [3.8, 4) is 0 Å². The molecule has 0 saturated heterocycles. The molecule has 27 heavy (non-hydrogen) atoms. The number of hydrogen-bond acceptors (Lipinski definition) is 4. The van der Waals surface area contributed by atoms with Gasteiger partial charge in [-0.2, -0.15) is 0 Å². The molecule has 1 aliphatic heterocycles. The van der Waals surface area contributed by atoms with Crippen LogP contribution in [0.5, 0.6) is 0 Å². The molecule has 0 amide bonds. The first-order valence-electron chi connectivity index (χ1n) is 9.60. The van der Waals surface area contributed by atoms with Gasteiger partial charge in [-0.15, -0.1) is 0 Å². The van der Waals surface area contributed by atoms with E-state index in [2.05, 4.69) is 40.0 Å². The molecule has 0 atom stereocenters. The van der Waals surface area contributed by atoms with Crippen LogP contribution in [0, 0.1) is 6.92 Å². The zero-order valence-electron chi connectivity index (χ0n) is 15.9. The Labute approximate surface area is 159 Å². The van der Waals surface area contributed by atoms with Crippen LogP contribution in [0.2, 0.25) is 0 Å². The van der Waals surface area contributed by atoms with E-state index in [9.17, 15) is 4.79 Å². The quantitative estimate of drug-likeness (QED) is 0.706. The molecule has 0 unspecified atom stereocenters. The van der Waals surface area contributed by atoms with Crippen molar-refractivity contribution in [2.45, 2.75) is 39.8 Å². The number of carbonyl (C=O) groups is 1. The van der Waals surface area contributed by atoms with Crippen LogP contribution < -0.4 is 5.32 Å². The van der Waals surface area contributed by atoms with Crippen LogP contribution in [0.25, 0.3) is 10.9 Å². The van der Waals surface area contributed by atoms with Crippen molar-refractivity contribution in [2.75, 3.05) is 13.2 Å². The highest BCUT2D eigenvalue weighted by atomic mass is 16.5. The number of carbonyl (C=O) groups excluding carboxylic acids is 1. The number of ether oxygens (including phenoxy) is 1. The molecule has 1 aliphatic rings. The molecule has 0 spiro atoms. The Balaban J connectivity index is 1.58. The minimum atomic E-state index is -0.364. The summed E-state index contributed by atoms with van der Waals surface area (Å²) in [4.78, 5) is 16.0. The maximum absolute atomic E-state index is 11.7. The van der Waals surface area contributed by atoms with E-state index in [1.165, 1.54) is 27.7 Å². The fraction of sp³-hybridized carbons (Fsp3) is 0.364. The molecular formula is C22H25N3O2. The Morgan fingerprint density at radius 1 is 1.30 bits per heavy atom. The zero-order chi connectivity index (χ0) is 18.8. The highest BCUT2D eigenvalue weighted by Crippen LogP contribution is 2.29. The maximum atomic E-state index is 11.7. The number of fused-ring (bicyclic) bond motifs is 3. The average molecular weight is 363 g/mol. The summed E-state index contributed by atoms with van der Waals surface area (Å²) in [5.74, 6) is -0.364. The summed E-state index contributed by atoms with van der Waals surface area (Å²) in [5.41, 5.74) is 6.99. The van der Waals surface area contributed by atoms with Crippen molar-refractivity contribution in [1.82, 2.24) is 14.9 Å². The standard InChI is InChI=1S/C22H25N3O2/c1-3-27-22(26)19-6-5-16(13-24-19)9-11-25-20-7-4-15(2)12-17(20)18-14-23-10-8-21(18)25/h4-7,12-13,23H,3,8-11,14H2,1-2H3. The lowest BCUT2D eigenvalue weighted by Gasteiger charge is -2.17. The van der Waals surface area contributed by atoms with Crippen molar-refractivity contribution in [3.05, 3.63) is 64.6 Å². The number of nitrogens with one attached hydrogen (secondary N) is 1. The highest BCUT2D eigenvalue weighted by Gasteiger charge is 2.19. The second-order valence-electron chi connectivity index (χ2n) is 7.05. The normalized spacial score (nSPS) is 13.6. The lowest BCUT2D eigenvalue weighted by Crippen LogP contribution is -2.24. The largest absolute Gasteiger partial charge is 0.461 e. The number of esters is 1. The Kier molecular flexibility index (Phi) is 4.94. The highest BCUT2D eigenvalue weighted by molar-refractivity contribution is 5.87. The first-order valence-corrected chi connectivity index (χ1v) is 9.60. The molecule has 1 N–H and O–H groups in total. The summed E-state index contributed by atoms with van der Waals surface area (Å²) in [7, 11) is 0. The third kappa shape index (κ3) is 3.47. The van der Waals surface area contributed by atoms with Crippen LogP contribution in [-0.2, 0) is 30.7 Å². The number of benzene rings is 1. The summed E-state index contributed by atoms with van der Waals surface area (Å²) in [6.45, 7) is 7.19. The molecule has 1 aromatic carbocycles. The van der Waals surface area contributed by atoms with Crippen molar-refractivity contribution in [2.24, 2.45) is 0 Å². The van der Waals surface area contributed by atoms with Crippen LogP contribution in [0.1, 0.15) is 39.8 Å². The van der Waals surface area contributed by atoms with Gasteiger partial charge in [0.1, 0.15) is 5.69 Å². The monoisotopic (exact) mass is 363 g/mol. The SMILES string of the molecule is CCOC(=O)c1ccc(CCn2c3c(c4cc(C)ccc42)CNCC3)cn1. The van der Waals surface area contributed by atoms with Crippen LogP contribution in [0.3, 0.4) is 0 Å². The first-order chi connectivity index (χ1) is 13.2. The molecule has 0 saturated carbocycles. The summed E-state index contributed by atoms with van der Waals surface area (Å²) in [5, 5.41) is 4.87. The number of pyridine rings is 1. The molecule has 3 aromatic rings. The molecule has 0 fully saturated rings. The molecule has 3 heterocycles. The topological polar surface area (TPSA) is 56.1 Å². The molecule has 2 aromatic heterocycles. The van der Waals surface area contributed by atoms with Crippen molar-refractivity contribution < 1.29 is 9.53 Å². The Bertz CT molecular complexity index is 973. The molecule has 4 rings (SSSR count). The van der Waals surface area contributed by atoms with Crippen LogP contribution in [-0.4, -0.2) is 28.7 Å². The third-order valence-electron chi connectivity index (χ3n) is 5.22. The van der Waals surface area contributed by atoms with Gasteiger partial charge in [-0.05, 0) is 49.6 Å². The fourth-order valence-corrected chi connectivity index (χ4v) is 3.89. The number of aromatic nitrogens is 2. The number of nitrogens with zero attached hydrogens (tertiary/aromatic N) is 2. The molecule has 140 valence electrons. The van der Waals surface area contributed by atoms with E-state index < -0.39 is 0 Å². The number of aryl methyl sites for hydroxylation is 3. The van der Waals surface area contributed by atoms with Crippen molar-refractivity contribution in [1.29, 1.82) is 0 Å². The average Bonchev–Trinajstić information content (AvgIpc) is 3.00. The summed E-state index contributed by atoms with van der Waals surface area (Å²) >= 11 is 0. The van der Waals surface area contributed by atoms with Gasteiger partial charge in [-0.3, -0.25) is 0 Å². The fourth-order valence-electron chi connectivity index (χ4n) is 3.89. The predicted molar refractivity (Wildman–Crippen MR) is 106 cm³/mol. The molecule has 5 nitrogen and oxygen atoms in total. The Morgan fingerprint density at radius 2 is 2.19 bits per heavy atom. The van der Waals surface area contributed by atoms with Gasteiger partial charge in [0, 0.05) is 48.8 Å². The third-order valence-corrected chi connectivity index (χ3v) is 5.22. The van der Waals surface area contributed by atoms with Gasteiger partial charge in [-0.1, -0.05) is 17.7 Å². The summed E-state index contributed by atoms with van der Waals surface area (Å²) in [6.07, 6.45) is 3.73. The van der Waals surface area contributed by atoms with Gasteiger partial charge in [-0.25, -0.2) is 9.78 Å². The van der Waals surface area contributed by atoms with E-state index in [0.29, 0.717) is 12.3 Å². The maximum Gasteiger partial charge on any atom is 0.356 e. The minimum absolute atomic E-state index is 0.364. The van der Waals surface area contributed by atoms with Gasteiger partial charge < -0.3 is 14.6 Å². The second kappa shape index (κ2) is 7.53. The summed E-state index contributed by atoms with van der Waals surface area (Å²) < 4.78 is 7.46. The first kappa shape index (κ1) is 17.7. The number of hydrogen-bond donors (Lipinski definition) is 1. The van der Waals surface area contributed by atoms with E-state index in [1.807, 2.05) is 6.07 Å². The van der Waals surface area contributed by atoms with Crippen molar-refractivity contribution in [3.63, 3.8) is 0 Å². The lowest BCUT2D eigenvalue weighted by atomic mass is 10.0. The Morgan fingerprint density at radius 3 is 2.96 bits per heavy atom. The van der Waals surface area contributed by atoms with Gasteiger partial charge in [0.15, 0.2) is 0 Å². The van der Waals surface area contributed by atoms with Gasteiger partial charge in [0.05, 0.1) is 6.61 Å². The lowest BCUT2D eigenvalue weighted by molar-refractivity contribution is 0.0519. The van der Waals surface area contributed by atoms with Crippen LogP contribution in [0.4, 0.5) is 0 Å². The molecular weight excluding hydrogens is 338 g/mol. The zero-order valence-corrected chi connectivity index (χ0v) is 15.9. The van der Waals surface area contributed by atoms with E-state index in [4.69, 9.17) is 4.74 Å². The second-order valence-corrected chi connectivity index (χ2v) is 7.05. The molecule has 0 radical (unpaired) electrons. The van der Waals surface area contributed by atoms with E-state index >= 15 is 0 Å². The van der Waals surface area contributed by atoms with E-state index in [1.54, 1.807) is 19.2 Å². The molecule has 5 heteroatoms. The molecule has 0 aliphatic carbocycles. The Hall–Kier alpha value is -2.66. The van der Waals surface area contributed by atoms with E-state index in [-0.39, 0.29) is 5.97 Å². The minimum Gasteiger partial charge on any atom is -0.461 e. The van der Waals surface area contributed by atoms with Crippen LogP contribution in [0.15, 0.2) is 36.5 Å². The van der Waals surface area contributed by atoms with Crippen LogP contribution >= 0.6 is 0 Å².